The Morgan fingerprint density at radius 1 is 0.900 bits per heavy atom. The number of nitrogens with one attached hydrogen (secondary N) is 2. The number of carbonyl (C=O) groups excluding carboxylic acids is 2. The minimum atomic E-state index is -3.78. The second kappa shape index (κ2) is 12.1. The van der Waals surface area contributed by atoms with Gasteiger partial charge in [-0.2, -0.15) is 0 Å². The first-order chi connectivity index (χ1) is 19.2. The van der Waals surface area contributed by atoms with Crippen molar-refractivity contribution < 1.29 is 18.0 Å². The molecule has 40 heavy (non-hydrogen) atoms. The lowest BCUT2D eigenvalue weighted by molar-refractivity contribution is -0.128. The van der Waals surface area contributed by atoms with Crippen molar-refractivity contribution in [1.82, 2.24) is 4.90 Å². The topological polar surface area (TPSA) is 95.6 Å². The van der Waals surface area contributed by atoms with Gasteiger partial charge in [-0.25, -0.2) is 8.42 Å². The number of halogens is 2. The predicted octanol–water partition coefficient (Wildman–Crippen LogP) is 6.93. The molecule has 0 aliphatic carbocycles. The molecular formula is C29H23BrClN3O4S2. The van der Waals surface area contributed by atoms with Gasteiger partial charge < -0.3 is 10.2 Å². The van der Waals surface area contributed by atoms with Crippen LogP contribution in [0, 0.1) is 0 Å². The summed E-state index contributed by atoms with van der Waals surface area (Å²) < 4.78 is 28.8. The van der Waals surface area contributed by atoms with Crippen LogP contribution in [0.4, 0.5) is 11.4 Å². The molecule has 0 saturated carbocycles. The Morgan fingerprint density at radius 3 is 2.17 bits per heavy atom. The largest absolute Gasteiger partial charge is 0.322 e. The van der Waals surface area contributed by atoms with Crippen molar-refractivity contribution in [3.63, 3.8) is 0 Å². The second-order valence-electron chi connectivity index (χ2n) is 9.02. The van der Waals surface area contributed by atoms with E-state index in [2.05, 4.69) is 26.0 Å². The molecule has 204 valence electrons. The van der Waals surface area contributed by atoms with E-state index in [1.165, 1.54) is 24.3 Å². The number of thioether (sulfide) groups is 1. The number of benzene rings is 4. The Labute approximate surface area is 250 Å². The molecule has 4 aromatic rings. The first-order valence-electron chi connectivity index (χ1n) is 12.1. The minimum absolute atomic E-state index is 0.0595. The molecule has 1 fully saturated rings. The van der Waals surface area contributed by atoms with E-state index in [4.69, 9.17) is 11.6 Å². The normalized spacial score (nSPS) is 15.2. The SMILES string of the molecule is O=C(Nc1ccc(S(=O)(=O)Nc2ccc(Br)cc2)cc1)c1ccc([C@@H]2SCC(=O)N2Cc2ccc(Cl)cc2)cc1. The van der Waals surface area contributed by atoms with Crippen LogP contribution in [0.1, 0.15) is 26.9 Å². The summed E-state index contributed by atoms with van der Waals surface area (Å²) in [7, 11) is -3.78. The molecule has 0 unspecified atom stereocenters. The van der Waals surface area contributed by atoms with Gasteiger partial charge in [0.05, 0.1) is 10.6 Å². The van der Waals surface area contributed by atoms with E-state index < -0.39 is 10.0 Å². The zero-order chi connectivity index (χ0) is 28.3. The quantitative estimate of drug-likeness (QED) is 0.215. The molecule has 2 amide bonds. The molecule has 1 heterocycles. The molecule has 1 atom stereocenters. The average molecular weight is 657 g/mol. The third-order valence-corrected chi connectivity index (χ3v) is 9.65. The summed E-state index contributed by atoms with van der Waals surface area (Å²) in [6.45, 7) is 0.472. The van der Waals surface area contributed by atoms with Crippen molar-refractivity contribution in [3.05, 3.63) is 123 Å². The molecule has 0 bridgehead atoms. The fourth-order valence-electron chi connectivity index (χ4n) is 4.14. The lowest BCUT2D eigenvalue weighted by Crippen LogP contribution is -2.27. The van der Waals surface area contributed by atoms with Gasteiger partial charge in [-0.3, -0.25) is 14.3 Å². The van der Waals surface area contributed by atoms with Crippen LogP contribution in [0.2, 0.25) is 5.02 Å². The molecule has 0 spiro atoms. The summed E-state index contributed by atoms with van der Waals surface area (Å²) in [5.74, 6) is 0.123. The monoisotopic (exact) mass is 655 g/mol. The van der Waals surface area contributed by atoms with E-state index in [1.54, 1.807) is 60.3 Å². The molecule has 7 nitrogen and oxygen atoms in total. The molecule has 1 aliphatic heterocycles. The summed E-state index contributed by atoms with van der Waals surface area (Å²) in [5.41, 5.74) is 3.26. The number of anilines is 2. The van der Waals surface area contributed by atoms with Crippen molar-refractivity contribution in [2.24, 2.45) is 0 Å². The zero-order valence-electron chi connectivity index (χ0n) is 20.9. The average Bonchev–Trinajstić information content (AvgIpc) is 3.31. The second-order valence-corrected chi connectivity index (χ2v) is 13.1. The zero-order valence-corrected chi connectivity index (χ0v) is 24.9. The summed E-state index contributed by atoms with van der Waals surface area (Å²) in [6, 6.07) is 27.3. The minimum Gasteiger partial charge on any atom is -0.322 e. The van der Waals surface area contributed by atoms with E-state index in [1.807, 2.05) is 29.2 Å². The maximum absolute atomic E-state index is 12.9. The molecule has 4 aromatic carbocycles. The van der Waals surface area contributed by atoms with E-state index in [9.17, 15) is 18.0 Å². The maximum atomic E-state index is 12.9. The van der Waals surface area contributed by atoms with Crippen LogP contribution < -0.4 is 10.0 Å². The summed E-state index contributed by atoms with van der Waals surface area (Å²) in [5, 5.41) is 3.29. The molecule has 11 heteroatoms. The molecular weight excluding hydrogens is 634 g/mol. The van der Waals surface area contributed by atoms with Gasteiger partial charge in [0.1, 0.15) is 5.37 Å². The van der Waals surface area contributed by atoms with Crippen LogP contribution in [0.15, 0.2) is 106 Å². The van der Waals surface area contributed by atoms with Crippen molar-refractivity contribution in [1.29, 1.82) is 0 Å². The van der Waals surface area contributed by atoms with Crippen molar-refractivity contribution in [3.8, 4) is 0 Å². The highest BCUT2D eigenvalue weighted by Gasteiger charge is 2.32. The molecule has 2 N–H and O–H groups in total. The fourth-order valence-corrected chi connectivity index (χ4v) is 6.78. The number of hydrogen-bond donors (Lipinski definition) is 2. The molecule has 1 saturated heterocycles. The van der Waals surface area contributed by atoms with Gasteiger partial charge in [-0.15, -0.1) is 11.8 Å². The van der Waals surface area contributed by atoms with Gasteiger partial charge in [-0.1, -0.05) is 51.8 Å². The molecule has 1 aliphatic rings. The molecule has 5 rings (SSSR count). The van der Waals surface area contributed by atoms with E-state index >= 15 is 0 Å². The summed E-state index contributed by atoms with van der Waals surface area (Å²) >= 11 is 10.9. The van der Waals surface area contributed by atoms with E-state index in [-0.39, 0.29) is 22.1 Å². The number of rotatable bonds is 8. The highest BCUT2D eigenvalue weighted by atomic mass is 79.9. The lowest BCUT2D eigenvalue weighted by Gasteiger charge is -2.24. The number of nitrogens with zero attached hydrogens (tertiary/aromatic N) is 1. The maximum Gasteiger partial charge on any atom is 0.261 e. The highest BCUT2D eigenvalue weighted by Crippen LogP contribution is 2.39. The van der Waals surface area contributed by atoms with Gasteiger partial charge in [0, 0.05) is 33.0 Å². The Kier molecular flexibility index (Phi) is 8.51. The van der Waals surface area contributed by atoms with Gasteiger partial charge in [0.2, 0.25) is 5.91 Å². The Balaban J connectivity index is 1.22. The third kappa shape index (κ3) is 6.69. The standard InChI is InChI=1S/C29H23BrClN3O4S2/c30-22-7-11-25(12-8-22)33-40(37,38)26-15-13-24(14-16-26)32-28(36)20-3-5-21(6-4-20)29-34(27(35)18-39-29)17-19-1-9-23(31)10-2-19/h1-16,29,33H,17-18H2,(H,32,36)/t29-/m0/s1. The van der Waals surface area contributed by atoms with Crippen LogP contribution in [-0.2, 0) is 21.4 Å². The van der Waals surface area contributed by atoms with Crippen molar-refractivity contribution in [2.75, 3.05) is 15.8 Å². The number of carbonyl (C=O) groups is 2. The first kappa shape index (κ1) is 28.2. The third-order valence-electron chi connectivity index (χ3n) is 6.21. The Hall–Kier alpha value is -3.31. The van der Waals surface area contributed by atoms with Crippen molar-refractivity contribution >= 4 is 72.5 Å². The van der Waals surface area contributed by atoms with Crippen LogP contribution in [0.25, 0.3) is 0 Å². The predicted molar refractivity (Wildman–Crippen MR) is 163 cm³/mol. The van der Waals surface area contributed by atoms with Crippen LogP contribution in [0.5, 0.6) is 0 Å². The Morgan fingerprint density at radius 2 is 1.52 bits per heavy atom. The molecule has 0 aromatic heterocycles. The van der Waals surface area contributed by atoms with Gasteiger partial charge in [0.25, 0.3) is 15.9 Å². The smallest absolute Gasteiger partial charge is 0.261 e. The number of amides is 2. The van der Waals surface area contributed by atoms with Crippen LogP contribution in [-0.4, -0.2) is 30.9 Å². The summed E-state index contributed by atoms with van der Waals surface area (Å²) in [4.78, 5) is 27.3. The summed E-state index contributed by atoms with van der Waals surface area (Å²) in [6.07, 6.45) is 0. The van der Waals surface area contributed by atoms with E-state index in [0.29, 0.717) is 34.3 Å². The van der Waals surface area contributed by atoms with Crippen molar-refractivity contribution in [2.45, 2.75) is 16.8 Å². The fraction of sp³-hybridized carbons (Fsp3) is 0.103. The lowest BCUT2D eigenvalue weighted by atomic mass is 10.1. The first-order valence-corrected chi connectivity index (χ1v) is 15.8. The van der Waals surface area contributed by atoms with Gasteiger partial charge in [-0.05, 0) is 83.9 Å². The van der Waals surface area contributed by atoms with Gasteiger partial charge >= 0.3 is 0 Å². The number of hydrogen-bond acceptors (Lipinski definition) is 5. The number of sulfonamides is 1. The van der Waals surface area contributed by atoms with Crippen LogP contribution >= 0.6 is 39.3 Å². The van der Waals surface area contributed by atoms with Crippen LogP contribution in [0.3, 0.4) is 0 Å². The van der Waals surface area contributed by atoms with E-state index in [0.717, 1.165) is 15.6 Å². The molecule has 0 radical (unpaired) electrons. The Bertz CT molecular complexity index is 1630. The van der Waals surface area contributed by atoms with Gasteiger partial charge in [0.15, 0.2) is 0 Å². The highest BCUT2D eigenvalue weighted by molar-refractivity contribution is 9.10.